The van der Waals surface area contributed by atoms with Gasteiger partial charge in [0, 0.05) is 12.8 Å². The van der Waals surface area contributed by atoms with Crippen molar-refractivity contribution < 1.29 is 42.1 Å². The van der Waals surface area contributed by atoms with Crippen LogP contribution in [0.15, 0.2) is 60.8 Å². The molecule has 0 aliphatic heterocycles. The number of allylic oxidation sites excluding steroid dienone is 10. The van der Waals surface area contributed by atoms with Crippen molar-refractivity contribution in [3.05, 3.63) is 60.8 Å². The summed E-state index contributed by atoms with van der Waals surface area (Å²) < 4.78 is 33.9. The maximum atomic E-state index is 12.7. The van der Waals surface area contributed by atoms with Crippen LogP contribution in [0.5, 0.6) is 0 Å². The molecule has 0 amide bonds. The van der Waals surface area contributed by atoms with Gasteiger partial charge in [-0.3, -0.25) is 14.2 Å². The molecule has 0 fully saturated rings. The van der Waals surface area contributed by atoms with Gasteiger partial charge in [-0.05, 0) is 83.5 Å². The first-order chi connectivity index (χ1) is 28.0. The molecule has 2 atom stereocenters. The number of carbonyl (C=O) groups is 2. The van der Waals surface area contributed by atoms with Crippen LogP contribution in [-0.4, -0.2) is 70.0 Å². The number of rotatable bonds is 41. The molecule has 0 aliphatic rings. The van der Waals surface area contributed by atoms with Crippen molar-refractivity contribution in [1.82, 2.24) is 0 Å². The molecule has 336 valence electrons. The molecule has 0 aliphatic carbocycles. The van der Waals surface area contributed by atoms with E-state index < -0.39 is 32.5 Å². The van der Waals surface area contributed by atoms with E-state index in [1.54, 1.807) is 0 Å². The van der Waals surface area contributed by atoms with Crippen molar-refractivity contribution in [2.75, 3.05) is 47.5 Å². The number of phosphoric acid groups is 1. The minimum atomic E-state index is -4.64. The number of unbranched alkanes of at least 4 members (excludes halogenated alkanes) is 17. The van der Waals surface area contributed by atoms with Gasteiger partial charge in [0.15, 0.2) is 6.10 Å². The molecular formula is C48H86NO8P. The summed E-state index contributed by atoms with van der Waals surface area (Å²) in [6.45, 7) is 4.13. The van der Waals surface area contributed by atoms with E-state index in [2.05, 4.69) is 74.6 Å². The smallest absolute Gasteiger partial charge is 0.306 e. The minimum Gasteiger partial charge on any atom is -0.756 e. The normalized spacial score (nSPS) is 14.1. The number of carbonyl (C=O) groups excluding carboxylic acids is 2. The van der Waals surface area contributed by atoms with Gasteiger partial charge >= 0.3 is 11.9 Å². The molecule has 0 aromatic heterocycles. The maximum Gasteiger partial charge on any atom is 0.306 e. The van der Waals surface area contributed by atoms with Crippen LogP contribution in [0.2, 0.25) is 0 Å². The van der Waals surface area contributed by atoms with Crippen LogP contribution in [0.1, 0.15) is 181 Å². The Morgan fingerprint density at radius 1 is 0.534 bits per heavy atom. The second kappa shape index (κ2) is 40.1. The van der Waals surface area contributed by atoms with Gasteiger partial charge in [0.1, 0.15) is 19.8 Å². The lowest BCUT2D eigenvalue weighted by molar-refractivity contribution is -0.870. The highest BCUT2D eigenvalue weighted by molar-refractivity contribution is 7.45. The highest BCUT2D eigenvalue weighted by Gasteiger charge is 2.21. The standard InChI is InChI=1S/C48H86NO8P/c1-6-8-10-12-14-16-18-20-22-24-26-28-30-32-34-36-38-40-47(50)54-44-46(45-56-58(52,53)55-43-42-49(3,4)5)57-48(51)41-39-37-35-33-31-29-27-25-23-21-19-17-15-13-11-9-7-2/h14-17,20-23,27,29,46H,6-13,18-19,24-26,28,30-45H2,1-5H3/b16-14-,17-15-,22-20-,23-21-,29-27-/t46-/m1/s1. The van der Waals surface area contributed by atoms with Crippen molar-refractivity contribution in [2.45, 2.75) is 187 Å². The fraction of sp³-hybridized carbons (Fsp3) is 0.750. The Labute approximate surface area is 356 Å². The van der Waals surface area contributed by atoms with E-state index in [9.17, 15) is 19.0 Å². The van der Waals surface area contributed by atoms with Crippen LogP contribution in [-0.2, 0) is 32.7 Å². The highest BCUT2D eigenvalue weighted by atomic mass is 31.2. The van der Waals surface area contributed by atoms with Crippen LogP contribution in [0.3, 0.4) is 0 Å². The third-order valence-corrected chi connectivity index (χ3v) is 10.5. The Hall–Kier alpha value is -2.29. The molecule has 0 rings (SSSR count). The third kappa shape index (κ3) is 43.3. The summed E-state index contributed by atoms with van der Waals surface area (Å²) in [5.41, 5.74) is 0. The van der Waals surface area contributed by atoms with E-state index in [0.717, 1.165) is 70.6 Å². The van der Waals surface area contributed by atoms with Crippen molar-refractivity contribution in [3.8, 4) is 0 Å². The summed E-state index contributed by atoms with van der Waals surface area (Å²) in [7, 11) is 1.14. The zero-order chi connectivity index (χ0) is 42.8. The second-order valence-corrected chi connectivity index (χ2v) is 17.8. The lowest BCUT2D eigenvalue weighted by atomic mass is 10.1. The van der Waals surface area contributed by atoms with E-state index >= 15 is 0 Å². The molecule has 0 saturated heterocycles. The summed E-state index contributed by atoms with van der Waals surface area (Å²) in [5, 5.41) is 0. The van der Waals surface area contributed by atoms with Gasteiger partial charge in [-0.1, -0.05) is 145 Å². The van der Waals surface area contributed by atoms with Gasteiger partial charge in [-0.2, -0.15) is 0 Å². The molecule has 9 nitrogen and oxygen atoms in total. The van der Waals surface area contributed by atoms with E-state index in [1.165, 1.54) is 70.6 Å². The molecule has 0 spiro atoms. The van der Waals surface area contributed by atoms with Crippen molar-refractivity contribution in [3.63, 3.8) is 0 Å². The van der Waals surface area contributed by atoms with E-state index in [4.69, 9.17) is 18.5 Å². The van der Waals surface area contributed by atoms with Gasteiger partial charge in [0.25, 0.3) is 7.82 Å². The Morgan fingerprint density at radius 2 is 0.931 bits per heavy atom. The number of likely N-dealkylation sites (N-methyl/N-ethyl adjacent to an activating group) is 1. The van der Waals surface area contributed by atoms with Crippen LogP contribution < -0.4 is 4.89 Å². The number of phosphoric ester groups is 1. The molecule has 0 bridgehead atoms. The monoisotopic (exact) mass is 836 g/mol. The summed E-state index contributed by atoms with van der Waals surface area (Å²) in [5.74, 6) is -0.872. The number of nitrogens with zero attached hydrogens (tertiary/aromatic N) is 1. The lowest BCUT2D eigenvalue weighted by Gasteiger charge is -2.28. The number of hydrogen-bond donors (Lipinski definition) is 0. The molecule has 0 radical (unpaired) electrons. The van der Waals surface area contributed by atoms with Crippen molar-refractivity contribution in [1.29, 1.82) is 0 Å². The first-order valence-electron chi connectivity index (χ1n) is 23.0. The van der Waals surface area contributed by atoms with E-state index in [1.807, 2.05) is 21.1 Å². The van der Waals surface area contributed by atoms with Gasteiger partial charge < -0.3 is 27.9 Å². The molecule has 0 heterocycles. The molecule has 10 heteroatoms. The van der Waals surface area contributed by atoms with Crippen molar-refractivity contribution >= 4 is 19.8 Å². The fourth-order valence-electron chi connectivity index (χ4n) is 5.87. The highest BCUT2D eigenvalue weighted by Crippen LogP contribution is 2.38. The number of quaternary nitrogens is 1. The molecule has 0 aromatic carbocycles. The second-order valence-electron chi connectivity index (χ2n) is 16.4. The summed E-state index contributed by atoms with van der Waals surface area (Å²) in [6.07, 6.45) is 48.1. The average molecular weight is 836 g/mol. The molecule has 1 unspecified atom stereocenters. The maximum absolute atomic E-state index is 12.7. The van der Waals surface area contributed by atoms with E-state index in [0.29, 0.717) is 23.9 Å². The first-order valence-corrected chi connectivity index (χ1v) is 24.5. The van der Waals surface area contributed by atoms with Gasteiger partial charge in [-0.15, -0.1) is 0 Å². The minimum absolute atomic E-state index is 0.0393. The van der Waals surface area contributed by atoms with Gasteiger partial charge in [0.05, 0.1) is 27.7 Å². The predicted molar refractivity (Wildman–Crippen MR) is 240 cm³/mol. The van der Waals surface area contributed by atoms with Crippen LogP contribution in [0.25, 0.3) is 0 Å². The van der Waals surface area contributed by atoms with Gasteiger partial charge in [-0.25, -0.2) is 0 Å². The summed E-state index contributed by atoms with van der Waals surface area (Å²) in [6, 6.07) is 0. The molecule has 0 saturated carbocycles. The van der Waals surface area contributed by atoms with Crippen LogP contribution in [0, 0.1) is 0 Å². The SMILES string of the molecule is CCCCC/C=C\C/C=C\C/C=C\CCCCCCC(=O)O[C@H](COC(=O)CCCCCCCCC/C=C\C/C=C\CCCCC)COP(=O)([O-])OCC[N+](C)(C)C. The third-order valence-electron chi connectivity index (χ3n) is 9.51. The predicted octanol–water partition coefficient (Wildman–Crippen LogP) is 12.6. The van der Waals surface area contributed by atoms with Crippen LogP contribution in [0.4, 0.5) is 0 Å². The Kier molecular flexibility index (Phi) is 38.5. The quantitative estimate of drug-likeness (QED) is 0.0197. The summed E-state index contributed by atoms with van der Waals surface area (Å²) in [4.78, 5) is 37.6. The Morgan fingerprint density at radius 3 is 1.38 bits per heavy atom. The van der Waals surface area contributed by atoms with Crippen LogP contribution >= 0.6 is 7.82 Å². The van der Waals surface area contributed by atoms with Gasteiger partial charge in [0.2, 0.25) is 0 Å². The molecular weight excluding hydrogens is 750 g/mol. The number of esters is 2. The van der Waals surface area contributed by atoms with Crippen molar-refractivity contribution in [2.24, 2.45) is 0 Å². The Balaban J connectivity index is 4.40. The lowest BCUT2D eigenvalue weighted by Crippen LogP contribution is -2.37. The van der Waals surface area contributed by atoms with E-state index in [-0.39, 0.29) is 26.1 Å². The fourth-order valence-corrected chi connectivity index (χ4v) is 6.60. The zero-order valence-electron chi connectivity index (χ0n) is 37.7. The number of hydrogen-bond acceptors (Lipinski definition) is 8. The average Bonchev–Trinajstić information content (AvgIpc) is 3.17. The molecule has 0 N–H and O–H groups in total. The first kappa shape index (κ1) is 55.7. The topological polar surface area (TPSA) is 111 Å². The number of ether oxygens (including phenoxy) is 2. The summed E-state index contributed by atoms with van der Waals surface area (Å²) >= 11 is 0. The molecule has 0 aromatic rings. The zero-order valence-corrected chi connectivity index (χ0v) is 38.6. The Bertz CT molecular complexity index is 1170. The largest absolute Gasteiger partial charge is 0.756 e. The molecule has 58 heavy (non-hydrogen) atoms.